The van der Waals surface area contributed by atoms with Gasteiger partial charge < -0.3 is 20.9 Å². The molecule has 0 atom stereocenters. The van der Waals surface area contributed by atoms with Crippen molar-refractivity contribution in [2.45, 2.75) is 0 Å². The van der Waals surface area contributed by atoms with Crippen molar-refractivity contribution in [3.05, 3.63) is 58.1 Å². The number of nitrogens with two attached hydrogens (primary N) is 2. The van der Waals surface area contributed by atoms with Crippen LogP contribution in [0.4, 0.5) is 17.5 Å². The van der Waals surface area contributed by atoms with Crippen LogP contribution < -0.4 is 20.9 Å². The fourth-order valence-electron chi connectivity index (χ4n) is 2.48. The monoisotopic (exact) mass is 378 g/mol. The lowest BCUT2D eigenvalue weighted by Gasteiger charge is -2.13. The second-order valence-corrected chi connectivity index (χ2v) is 5.52. The maximum Gasteiger partial charge on any atom is 0.269 e. The Balaban J connectivity index is 1.98. The Morgan fingerprint density at radius 2 is 1.82 bits per heavy atom. The lowest BCUT2D eigenvalue weighted by Crippen LogP contribution is -2.05. The molecule has 0 fully saturated rings. The predicted molar refractivity (Wildman–Crippen MR) is 101 cm³/mol. The van der Waals surface area contributed by atoms with Gasteiger partial charge in [-0.15, -0.1) is 0 Å². The van der Waals surface area contributed by atoms with E-state index in [9.17, 15) is 15.4 Å². The summed E-state index contributed by atoms with van der Waals surface area (Å²) in [6.45, 7) is 0. The first kappa shape index (κ1) is 18.4. The second kappa shape index (κ2) is 7.46. The zero-order valence-electron chi connectivity index (χ0n) is 14.6. The number of benzene rings is 2. The summed E-state index contributed by atoms with van der Waals surface area (Å²) < 4.78 is 11.1. The Labute approximate surface area is 159 Å². The topological polar surface area (TPSA) is 163 Å². The molecule has 28 heavy (non-hydrogen) atoms. The molecule has 4 N–H and O–H groups in total. The number of nitrogen functional groups attached to an aromatic ring is 2. The van der Waals surface area contributed by atoms with E-state index in [1.165, 1.54) is 31.4 Å². The van der Waals surface area contributed by atoms with Crippen molar-refractivity contribution in [1.29, 1.82) is 5.26 Å². The molecule has 140 valence electrons. The molecule has 0 aliphatic rings. The SMILES string of the molecule is COc1cc(-c2nc(N)nc(N)c2C#N)ccc1Oc1ccc([N+](=O)[O-])cc1. The van der Waals surface area contributed by atoms with Crippen molar-refractivity contribution in [1.82, 2.24) is 9.97 Å². The molecule has 0 saturated carbocycles. The highest BCUT2D eigenvalue weighted by Crippen LogP contribution is 2.36. The van der Waals surface area contributed by atoms with Crippen molar-refractivity contribution in [2.75, 3.05) is 18.6 Å². The number of methoxy groups -OCH3 is 1. The average molecular weight is 378 g/mol. The number of hydrogen-bond donors (Lipinski definition) is 2. The van der Waals surface area contributed by atoms with Crippen LogP contribution in [0.3, 0.4) is 0 Å². The molecule has 0 unspecified atom stereocenters. The van der Waals surface area contributed by atoms with E-state index in [1.54, 1.807) is 18.2 Å². The van der Waals surface area contributed by atoms with Crippen molar-refractivity contribution in [3.63, 3.8) is 0 Å². The standard InChI is InChI=1S/C18H14N6O4/c1-27-15-8-10(16-13(9-19)17(20)23-18(21)22-16)2-7-14(15)28-12-5-3-11(4-6-12)24(25)26/h2-8H,1H3,(H4,20,21,22,23). The van der Waals surface area contributed by atoms with Crippen LogP contribution in [-0.2, 0) is 0 Å². The normalized spacial score (nSPS) is 10.1. The number of non-ortho nitro benzene ring substituents is 1. The molecule has 0 aliphatic carbocycles. The van der Waals surface area contributed by atoms with Crippen LogP contribution in [-0.4, -0.2) is 22.0 Å². The zero-order chi connectivity index (χ0) is 20.3. The van der Waals surface area contributed by atoms with Crippen LogP contribution in [0.2, 0.25) is 0 Å². The highest BCUT2D eigenvalue weighted by molar-refractivity contribution is 5.74. The summed E-state index contributed by atoms with van der Waals surface area (Å²) in [5, 5.41) is 20.1. The quantitative estimate of drug-likeness (QED) is 0.501. The largest absolute Gasteiger partial charge is 0.493 e. The molecule has 3 rings (SSSR count). The fourth-order valence-corrected chi connectivity index (χ4v) is 2.48. The van der Waals surface area contributed by atoms with Crippen molar-refractivity contribution in [2.24, 2.45) is 0 Å². The summed E-state index contributed by atoms with van der Waals surface area (Å²) in [6, 6.07) is 12.5. The molecule has 0 amide bonds. The first-order chi connectivity index (χ1) is 13.4. The first-order valence-corrected chi connectivity index (χ1v) is 7.86. The van der Waals surface area contributed by atoms with Gasteiger partial charge >= 0.3 is 0 Å². The maximum atomic E-state index is 10.7. The molecule has 0 bridgehead atoms. The Bertz CT molecular complexity index is 1090. The van der Waals surface area contributed by atoms with Gasteiger partial charge in [-0.2, -0.15) is 10.2 Å². The number of anilines is 2. The summed E-state index contributed by atoms with van der Waals surface area (Å²) in [5.74, 6) is 1.04. The third kappa shape index (κ3) is 3.58. The maximum absolute atomic E-state index is 10.7. The number of nitro groups is 1. The van der Waals surface area contributed by atoms with E-state index in [1.807, 2.05) is 6.07 Å². The predicted octanol–water partition coefficient (Wildman–Crippen LogP) is 2.89. The molecular weight excluding hydrogens is 364 g/mol. The molecule has 0 radical (unpaired) electrons. The van der Waals surface area contributed by atoms with Gasteiger partial charge in [0.1, 0.15) is 23.2 Å². The number of nitro benzene ring substituents is 1. The van der Waals surface area contributed by atoms with E-state index >= 15 is 0 Å². The van der Waals surface area contributed by atoms with Gasteiger partial charge in [0.25, 0.3) is 5.69 Å². The second-order valence-electron chi connectivity index (χ2n) is 5.52. The Morgan fingerprint density at radius 1 is 1.11 bits per heavy atom. The molecule has 2 aromatic carbocycles. The van der Waals surface area contributed by atoms with Crippen molar-refractivity contribution >= 4 is 17.5 Å². The molecule has 0 saturated heterocycles. The van der Waals surface area contributed by atoms with Crippen LogP contribution in [0.25, 0.3) is 11.3 Å². The molecule has 1 aromatic heterocycles. The molecule has 3 aromatic rings. The van der Waals surface area contributed by atoms with Gasteiger partial charge in [0.2, 0.25) is 5.95 Å². The van der Waals surface area contributed by atoms with E-state index in [4.69, 9.17) is 20.9 Å². The number of nitrogens with zero attached hydrogens (tertiary/aromatic N) is 4. The molecule has 0 spiro atoms. The van der Waals surface area contributed by atoms with Crippen LogP contribution in [0, 0.1) is 21.4 Å². The van der Waals surface area contributed by atoms with Gasteiger partial charge in [0.15, 0.2) is 11.5 Å². The smallest absolute Gasteiger partial charge is 0.269 e. The van der Waals surface area contributed by atoms with Crippen LogP contribution in [0.1, 0.15) is 5.56 Å². The van der Waals surface area contributed by atoms with E-state index in [0.717, 1.165) is 0 Å². The van der Waals surface area contributed by atoms with E-state index in [0.29, 0.717) is 22.8 Å². The summed E-state index contributed by atoms with van der Waals surface area (Å²) in [7, 11) is 1.45. The lowest BCUT2D eigenvalue weighted by atomic mass is 10.1. The molecule has 10 nitrogen and oxygen atoms in total. The number of hydrogen-bond acceptors (Lipinski definition) is 9. The minimum atomic E-state index is -0.495. The van der Waals surface area contributed by atoms with Crippen LogP contribution in [0.15, 0.2) is 42.5 Å². The lowest BCUT2D eigenvalue weighted by molar-refractivity contribution is -0.384. The minimum Gasteiger partial charge on any atom is -0.493 e. The zero-order valence-corrected chi connectivity index (χ0v) is 14.6. The van der Waals surface area contributed by atoms with Gasteiger partial charge in [-0.05, 0) is 30.3 Å². The summed E-state index contributed by atoms with van der Waals surface area (Å²) in [6.07, 6.45) is 0. The van der Waals surface area contributed by atoms with Crippen molar-refractivity contribution < 1.29 is 14.4 Å². The third-order valence-corrected chi connectivity index (χ3v) is 3.78. The third-order valence-electron chi connectivity index (χ3n) is 3.78. The van der Waals surface area contributed by atoms with Crippen molar-refractivity contribution in [3.8, 4) is 34.6 Å². The van der Waals surface area contributed by atoms with Gasteiger partial charge in [0, 0.05) is 17.7 Å². The summed E-state index contributed by atoms with van der Waals surface area (Å²) in [4.78, 5) is 18.1. The van der Waals surface area contributed by atoms with Gasteiger partial charge in [-0.25, -0.2) is 4.98 Å². The van der Waals surface area contributed by atoms with Gasteiger partial charge in [-0.3, -0.25) is 10.1 Å². The highest BCUT2D eigenvalue weighted by atomic mass is 16.6. The first-order valence-electron chi connectivity index (χ1n) is 7.86. The Hall–Kier alpha value is -4.39. The molecule has 0 aliphatic heterocycles. The van der Waals surface area contributed by atoms with Crippen LogP contribution >= 0.6 is 0 Å². The molecule has 10 heteroatoms. The highest BCUT2D eigenvalue weighted by Gasteiger charge is 2.16. The summed E-state index contributed by atoms with van der Waals surface area (Å²) in [5.41, 5.74) is 12.2. The number of nitriles is 1. The molecular formula is C18H14N6O4. The average Bonchev–Trinajstić information content (AvgIpc) is 2.68. The number of ether oxygens (including phenoxy) is 2. The number of rotatable bonds is 5. The number of aromatic nitrogens is 2. The fraction of sp³-hybridized carbons (Fsp3) is 0.0556. The minimum absolute atomic E-state index is 0.0184. The van der Waals surface area contributed by atoms with Gasteiger partial charge in [-0.1, -0.05) is 0 Å². The Morgan fingerprint density at radius 3 is 2.43 bits per heavy atom. The van der Waals surface area contributed by atoms with Crippen LogP contribution in [0.5, 0.6) is 17.2 Å². The van der Waals surface area contributed by atoms with E-state index < -0.39 is 4.92 Å². The molecule has 1 heterocycles. The van der Waals surface area contributed by atoms with Gasteiger partial charge in [0.05, 0.1) is 17.7 Å². The summed E-state index contributed by atoms with van der Waals surface area (Å²) >= 11 is 0. The van der Waals surface area contributed by atoms with E-state index in [2.05, 4.69) is 9.97 Å². The Kier molecular flexibility index (Phi) is 4.91. The van der Waals surface area contributed by atoms with E-state index in [-0.39, 0.29) is 28.7 Å².